The Kier molecular flexibility index (Phi) is 2.87. The van der Waals surface area contributed by atoms with Crippen LogP contribution in [0.3, 0.4) is 0 Å². The molecule has 0 unspecified atom stereocenters. The van der Waals surface area contributed by atoms with Crippen molar-refractivity contribution in [3.63, 3.8) is 0 Å². The first-order chi connectivity index (χ1) is 7.33. The van der Waals surface area contributed by atoms with Crippen LogP contribution in [0, 0.1) is 0 Å². The van der Waals surface area contributed by atoms with Gasteiger partial charge in [-0.1, -0.05) is 6.92 Å². The molecule has 2 N–H and O–H groups in total. The molecule has 4 heteroatoms. The summed E-state index contributed by atoms with van der Waals surface area (Å²) in [6.07, 6.45) is 0.799. The van der Waals surface area contributed by atoms with E-state index in [1.165, 1.54) is 0 Å². The summed E-state index contributed by atoms with van der Waals surface area (Å²) in [7, 11) is 0. The SMILES string of the molecule is CCc1nc2ccc(OCCN)cc2o1. The highest BCUT2D eigenvalue weighted by atomic mass is 16.5. The molecule has 1 aromatic carbocycles. The van der Waals surface area contributed by atoms with Crippen molar-refractivity contribution in [3.8, 4) is 5.75 Å². The van der Waals surface area contributed by atoms with E-state index in [-0.39, 0.29) is 0 Å². The van der Waals surface area contributed by atoms with Crippen molar-refractivity contribution in [2.75, 3.05) is 13.2 Å². The molecule has 0 aliphatic rings. The summed E-state index contributed by atoms with van der Waals surface area (Å²) in [5, 5.41) is 0. The van der Waals surface area contributed by atoms with Crippen LogP contribution in [0.1, 0.15) is 12.8 Å². The van der Waals surface area contributed by atoms with Gasteiger partial charge in [0, 0.05) is 19.0 Å². The lowest BCUT2D eigenvalue weighted by molar-refractivity contribution is 0.328. The Bertz CT molecular complexity index is 451. The summed E-state index contributed by atoms with van der Waals surface area (Å²) >= 11 is 0. The van der Waals surface area contributed by atoms with E-state index >= 15 is 0 Å². The highest BCUT2D eigenvalue weighted by molar-refractivity contribution is 5.74. The molecule has 1 heterocycles. The number of aryl methyl sites for hydroxylation is 1. The summed E-state index contributed by atoms with van der Waals surface area (Å²) in [5.41, 5.74) is 6.99. The number of nitrogens with two attached hydrogens (primary N) is 1. The quantitative estimate of drug-likeness (QED) is 0.827. The van der Waals surface area contributed by atoms with Gasteiger partial charge >= 0.3 is 0 Å². The lowest BCUT2D eigenvalue weighted by Gasteiger charge is -2.02. The van der Waals surface area contributed by atoms with Crippen LogP contribution in [0.25, 0.3) is 11.1 Å². The second-order valence-electron chi connectivity index (χ2n) is 3.23. The molecule has 0 amide bonds. The topological polar surface area (TPSA) is 61.3 Å². The average molecular weight is 206 g/mol. The van der Waals surface area contributed by atoms with Crippen LogP contribution in [0.5, 0.6) is 5.75 Å². The third-order valence-electron chi connectivity index (χ3n) is 2.09. The van der Waals surface area contributed by atoms with Gasteiger partial charge in [0.05, 0.1) is 0 Å². The lowest BCUT2D eigenvalue weighted by atomic mass is 10.3. The second kappa shape index (κ2) is 4.31. The van der Waals surface area contributed by atoms with Crippen LogP contribution in [0.2, 0.25) is 0 Å². The van der Waals surface area contributed by atoms with E-state index < -0.39 is 0 Å². The minimum atomic E-state index is 0.509. The van der Waals surface area contributed by atoms with Gasteiger partial charge in [-0.15, -0.1) is 0 Å². The number of fused-ring (bicyclic) bond motifs is 1. The van der Waals surface area contributed by atoms with Gasteiger partial charge in [-0.05, 0) is 12.1 Å². The molecule has 0 spiro atoms. The fraction of sp³-hybridized carbons (Fsp3) is 0.364. The first-order valence-corrected chi connectivity index (χ1v) is 5.06. The van der Waals surface area contributed by atoms with E-state index in [9.17, 15) is 0 Å². The molecule has 0 atom stereocenters. The smallest absolute Gasteiger partial charge is 0.195 e. The second-order valence-corrected chi connectivity index (χ2v) is 3.23. The zero-order chi connectivity index (χ0) is 10.7. The number of ether oxygens (including phenoxy) is 1. The minimum absolute atomic E-state index is 0.509. The largest absolute Gasteiger partial charge is 0.492 e. The molecule has 80 valence electrons. The highest BCUT2D eigenvalue weighted by Gasteiger charge is 2.04. The Labute approximate surface area is 88.0 Å². The molecule has 0 saturated heterocycles. The number of aromatic nitrogens is 1. The third-order valence-corrected chi connectivity index (χ3v) is 2.09. The summed E-state index contributed by atoms with van der Waals surface area (Å²) in [4.78, 5) is 4.31. The van der Waals surface area contributed by atoms with Crippen molar-refractivity contribution in [1.29, 1.82) is 0 Å². The van der Waals surface area contributed by atoms with Gasteiger partial charge in [0.2, 0.25) is 0 Å². The van der Waals surface area contributed by atoms with Crippen molar-refractivity contribution in [2.24, 2.45) is 5.73 Å². The predicted molar refractivity (Wildman–Crippen MR) is 57.9 cm³/mol. The summed E-state index contributed by atoms with van der Waals surface area (Å²) in [6, 6.07) is 5.61. The standard InChI is InChI=1S/C11H14N2O2/c1-2-11-13-9-4-3-8(14-6-5-12)7-10(9)15-11/h3-4,7H,2,5-6,12H2,1H3. The number of nitrogens with zero attached hydrogens (tertiary/aromatic N) is 1. The number of rotatable bonds is 4. The molecular weight excluding hydrogens is 192 g/mol. The molecular formula is C11H14N2O2. The highest BCUT2D eigenvalue weighted by Crippen LogP contribution is 2.21. The molecule has 0 aliphatic carbocycles. The van der Waals surface area contributed by atoms with E-state index in [0.29, 0.717) is 13.2 Å². The van der Waals surface area contributed by atoms with Crippen molar-refractivity contribution >= 4 is 11.1 Å². The Hall–Kier alpha value is -1.55. The number of hydrogen-bond acceptors (Lipinski definition) is 4. The van der Waals surface area contributed by atoms with E-state index in [1.54, 1.807) is 0 Å². The molecule has 0 fully saturated rings. The summed E-state index contributed by atoms with van der Waals surface area (Å²) < 4.78 is 10.9. The molecule has 0 radical (unpaired) electrons. The van der Waals surface area contributed by atoms with Crippen molar-refractivity contribution in [2.45, 2.75) is 13.3 Å². The van der Waals surface area contributed by atoms with Crippen LogP contribution >= 0.6 is 0 Å². The van der Waals surface area contributed by atoms with Gasteiger partial charge < -0.3 is 14.9 Å². The first kappa shape index (κ1) is 9.98. The van der Waals surface area contributed by atoms with Gasteiger partial charge in [-0.2, -0.15) is 0 Å². The Morgan fingerprint density at radius 3 is 3.07 bits per heavy atom. The summed E-state index contributed by atoms with van der Waals surface area (Å²) in [5.74, 6) is 1.52. The van der Waals surface area contributed by atoms with Crippen LogP contribution < -0.4 is 10.5 Å². The maximum atomic E-state index is 5.52. The van der Waals surface area contributed by atoms with Gasteiger partial charge in [0.1, 0.15) is 17.9 Å². The molecule has 0 saturated carbocycles. The van der Waals surface area contributed by atoms with E-state index in [0.717, 1.165) is 29.2 Å². The normalized spacial score (nSPS) is 10.8. The maximum Gasteiger partial charge on any atom is 0.195 e. The van der Waals surface area contributed by atoms with Crippen molar-refractivity contribution < 1.29 is 9.15 Å². The van der Waals surface area contributed by atoms with Gasteiger partial charge in [-0.25, -0.2) is 4.98 Å². The zero-order valence-corrected chi connectivity index (χ0v) is 8.69. The van der Waals surface area contributed by atoms with Crippen LogP contribution in [-0.2, 0) is 6.42 Å². The number of benzene rings is 1. The number of oxazole rings is 1. The van der Waals surface area contributed by atoms with Crippen LogP contribution in [0.4, 0.5) is 0 Å². The van der Waals surface area contributed by atoms with E-state index in [4.69, 9.17) is 14.9 Å². The van der Waals surface area contributed by atoms with E-state index in [1.807, 2.05) is 25.1 Å². The Morgan fingerprint density at radius 1 is 1.47 bits per heavy atom. The summed E-state index contributed by atoms with van der Waals surface area (Å²) in [6.45, 7) is 3.03. The van der Waals surface area contributed by atoms with Gasteiger partial charge in [0.15, 0.2) is 11.5 Å². The Morgan fingerprint density at radius 2 is 2.33 bits per heavy atom. The van der Waals surface area contributed by atoms with E-state index in [2.05, 4.69) is 4.98 Å². The lowest BCUT2D eigenvalue weighted by Crippen LogP contribution is -2.10. The monoisotopic (exact) mass is 206 g/mol. The van der Waals surface area contributed by atoms with Gasteiger partial charge in [0.25, 0.3) is 0 Å². The minimum Gasteiger partial charge on any atom is -0.492 e. The molecule has 2 rings (SSSR count). The van der Waals surface area contributed by atoms with Crippen LogP contribution in [0.15, 0.2) is 22.6 Å². The molecule has 2 aromatic rings. The Balaban J connectivity index is 2.29. The van der Waals surface area contributed by atoms with Crippen molar-refractivity contribution in [1.82, 2.24) is 4.98 Å². The fourth-order valence-corrected chi connectivity index (χ4v) is 1.37. The molecule has 15 heavy (non-hydrogen) atoms. The molecule has 1 aromatic heterocycles. The van der Waals surface area contributed by atoms with Gasteiger partial charge in [-0.3, -0.25) is 0 Å². The third kappa shape index (κ3) is 2.10. The number of hydrogen-bond donors (Lipinski definition) is 1. The predicted octanol–water partition coefficient (Wildman–Crippen LogP) is 1.73. The maximum absolute atomic E-state index is 5.52. The molecule has 4 nitrogen and oxygen atoms in total. The first-order valence-electron chi connectivity index (χ1n) is 5.06. The molecule has 0 bridgehead atoms. The molecule has 0 aliphatic heterocycles. The average Bonchev–Trinajstić information content (AvgIpc) is 2.68. The van der Waals surface area contributed by atoms with Crippen molar-refractivity contribution in [3.05, 3.63) is 24.1 Å². The van der Waals surface area contributed by atoms with Crippen LogP contribution in [-0.4, -0.2) is 18.1 Å². The fourth-order valence-electron chi connectivity index (χ4n) is 1.37. The zero-order valence-electron chi connectivity index (χ0n) is 8.69.